The van der Waals surface area contributed by atoms with Gasteiger partial charge in [-0.15, -0.1) is 11.8 Å². The lowest BCUT2D eigenvalue weighted by Crippen LogP contribution is -2.13. The molecule has 1 aromatic rings. The third-order valence-corrected chi connectivity index (χ3v) is 4.43. The number of carbonyl (C=O) groups is 1. The fraction of sp³-hybridized carbons (Fsp3) is 0.533. The highest BCUT2D eigenvalue weighted by Gasteiger charge is 2.16. The Morgan fingerprint density at radius 2 is 2.06 bits per heavy atom. The van der Waals surface area contributed by atoms with Gasteiger partial charge in [0.15, 0.2) is 0 Å². The molecule has 3 heteroatoms. The van der Waals surface area contributed by atoms with E-state index in [0.717, 1.165) is 22.9 Å². The quantitative estimate of drug-likeness (QED) is 0.802. The average Bonchev–Trinajstić information content (AvgIpc) is 2.90. The van der Waals surface area contributed by atoms with Crippen LogP contribution in [0.3, 0.4) is 0 Å². The number of carbonyl (C=O) groups excluding carboxylic acids is 1. The van der Waals surface area contributed by atoms with Crippen LogP contribution >= 0.6 is 11.8 Å². The highest BCUT2D eigenvalue weighted by molar-refractivity contribution is 7.98. The van der Waals surface area contributed by atoms with Crippen molar-refractivity contribution in [1.29, 1.82) is 0 Å². The SMILES string of the molecule is CSc1ccccc1NC(=O)CCC1CCCC1. The third-order valence-electron chi connectivity index (χ3n) is 3.64. The Labute approximate surface area is 114 Å². The van der Waals surface area contributed by atoms with Crippen molar-refractivity contribution in [3.63, 3.8) is 0 Å². The Morgan fingerprint density at radius 3 is 2.78 bits per heavy atom. The lowest BCUT2D eigenvalue weighted by atomic mass is 10.0. The second kappa shape index (κ2) is 6.83. The minimum atomic E-state index is 0.156. The van der Waals surface area contributed by atoms with Crippen molar-refractivity contribution in [2.75, 3.05) is 11.6 Å². The lowest BCUT2D eigenvalue weighted by molar-refractivity contribution is -0.116. The first-order valence-corrected chi connectivity index (χ1v) is 7.95. The molecule has 0 atom stereocenters. The predicted molar refractivity (Wildman–Crippen MR) is 78.0 cm³/mol. The molecule has 0 unspecified atom stereocenters. The van der Waals surface area contributed by atoms with Crippen molar-refractivity contribution in [2.24, 2.45) is 5.92 Å². The van der Waals surface area contributed by atoms with E-state index in [1.54, 1.807) is 11.8 Å². The van der Waals surface area contributed by atoms with Crippen LogP contribution in [0.25, 0.3) is 0 Å². The van der Waals surface area contributed by atoms with Gasteiger partial charge in [-0.1, -0.05) is 37.8 Å². The Kier molecular flexibility index (Phi) is 5.12. The molecule has 0 heterocycles. The summed E-state index contributed by atoms with van der Waals surface area (Å²) >= 11 is 1.67. The van der Waals surface area contributed by atoms with Crippen LogP contribution in [0.15, 0.2) is 29.2 Å². The molecular formula is C15H21NOS. The molecule has 1 amide bonds. The molecule has 98 valence electrons. The van der Waals surface area contributed by atoms with Gasteiger partial charge in [0.2, 0.25) is 5.91 Å². The monoisotopic (exact) mass is 263 g/mol. The van der Waals surface area contributed by atoms with Gasteiger partial charge in [0.25, 0.3) is 0 Å². The van der Waals surface area contributed by atoms with Crippen LogP contribution in [0.5, 0.6) is 0 Å². The number of thioether (sulfide) groups is 1. The molecule has 1 aliphatic rings. The molecule has 2 nitrogen and oxygen atoms in total. The molecule has 0 aromatic heterocycles. The summed E-state index contributed by atoms with van der Waals surface area (Å²) < 4.78 is 0. The molecule has 1 N–H and O–H groups in total. The van der Waals surface area contributed by atoms with E-state index in [0.29, 0.717) is 6.42 Å². The fourth-order valence-corrected chi connectivity index (χ4v) is 3.15. The number of benzene rings is 1. The molecule has 18 heavy (non-hydrogen) atoms. The van der Waals surface area contributed by atoms with E-state index in [1.807, 2.05) is 30.5 Å². The number of para-hydroxylation sites is 1. The van der Waals surface area contributed by atoms with Crippen molar-refractivity contribution >= 4 is 23.4 Å². The van der Waals surface area contributed by atoms with Gasteiger partial charge in [0, 0.05) is 11.3 Å². The van der Waals surface area contributed by atoms with Crippen LogP contribution in [-0.2, 0) is 4.79 Å². The maximum atomic E-state index is 11.9. The average molecular weight is 263 g/mol. The van der Waals surface area contributed by atoms with Gasteiger partial charge in [0.1, 0.15) is 0 Å². The Hall–Kier alpha value is -0.960. The topological polar surface area (TPSA) is 29.1 Å². The molecule has 0 spiro atoms. The molecule has 1 aromatic carbocycles. The van der Waals surface area contributed by atoms with Crippen molar-refractivity contribution in [2.45, 2.75) is 43.4 Å². The minimum Gasteiger partial charge on any atom is -0.325 e. The van der Waals surface area contributed by atoms with Crippen LogP contribution in [0.4, 0.5) is 5.69 Å². The molecule has 2 rings (SSSR count). The molecule has 1 fully saturated rings. The molecule has 0 aliphatic heterocycles. The zero-order valence-electron chi connectivity index (χ0n) is 10.9. The van der Waals surface area contributed by atoms with Crippen LogP contribution in [0.2, 0.25) is 0 Å². The Bertz CT molecular complexity index is 399. The third kappa shape index (κ3) is 3.77. The molecule has 0 radical (unpaired) electrons. The van der Waals surface area contributed by atoms with Gasteiger partial charge in [-0.05, 0) is 30.7 Å². The van der Waals surface area contributed by atoms with Crippen molar-refractivity contribution in [3.8, 4) is 0 Å². The number of amides is 1. The molecular weight excluding hydrogens is 242 g/mol. The number of nitrogens with one attached hydrogen (secondary N) is 1. The second-order valence-electron chi connectivity index (χ2n) is 4.94. The highest BCUT2D eigenvalue weighted by Crippen LogP contribution is 2.29. The minimum absolute atomic E-state index is 0.156. The number of rotatable bonds is 5. The van der Waals surface area contributed by atoms with Gasteiger partial charge >= 0.3 is 0 Å². The summed E-state index contributed by atoms with van der Waals surface area (Å²) in [7, 11) is 0. The van der Waals surface area contributed by atoms with Crippen molar-refractivity contribution < 1.29 is 4.79 Å². The van der Waals surface area contributed by atoms with E-state index in [4.69, 9.17) is 0 Å². The maximum absolute atomic E-state index is 11.9. The smallest absolute Gasteiger partial charge is 0.224 e. The summed E-state index contributed by atoms with van der Waals surface area (Å²) in [6.07, 6.45) is 9.07. The van der Waals surface area contributed by atoms with Gasteiger partial charge in [-0.25, -0.2) is 0 Å². The summed E-state index contributed by atoms with van der Waals surface area (Å²) in [5.41, 5.74) is 0.946. The van der Waals surface area contributed by atoms with Crippen LogP contribution in [0, 0.1) is 5.92 Å². The molecule has 0 saturated heterocycles. The summed E-state index contributed by atoms with van der Waals surface area (Å²) in [5, 5.41) is 3.03. The van der Waals surface area contributed by atoms with Gasteiger partial charge < -0.3 is 5.32 Å². The first kappa shape index (κ1) is 13.5. The highest BCUT2D eigenvalue weighted by atomic mass is 32.2. The van der Waals surface area contributed by atoms with Crippen LogP contribution < -0.4 is 5.32 Å². The maximum Gasteiger partial charge on any atom is 0.224 e. The number of anilines is 1. The van der Waals surface area contributed by atoms with E-state index < -0.39 is 0 Å². The molecule has 1 aliphatic carbocycles. The summed E-state index contributed by atoms with van der Waals surface area (Å²) in [5.74, 6) is 0.940. The zero-order valence-corrected chi connectivity index (χ0v) is 11.8. The van der Waals surface area contributed by atoms with E-state index in [2.05, 4.69) is 5.32 Å². The van der Waals surface area contributed by atoms with E-state index in [-0.39, 0.29) is 5.91 Å². The summed E-state index contributed by atoms with van der Waals surface area (Å²) in [6.45, 7) is 0. The first-order chi connectivity index (χ1) is 8.79. The summed E-state index contributed by atoms with van der Waals surface area (Å²) in [4.78, 5) is 13.0. The molecule has 0 bridgehead atoms. The predicted octanol–water partition coefficient (Wildman–Crippen LogP) is 4.32. The fourth-order valence-electron chi connectivity index (χ4n) is 2.59. The zero-order chi connectivity index (χ0) is 12.8. The summed E-state index contributed by atoms with van der Waals surface area (Å²) in [6, 6.07) is 7.98. The Balaban J connectivity index is 1.82. The van der Waals surface area contributed by atoms with E-state index >= 15 is 0 Å². The van der Waals surface area contributed by atoms with Crippen molar-refractivity contribution in [1.82, 2.24) is 0 Å². The van der Waals surface area contributed by atoms with Gasteiger partial charge in [-0.2, -0.15) is 0 Å². The first-order valence-electron chi connectivity index (χ1n) is 6.72. The lowest BCUT2D eigenvalue weighted by Gasteiger charge is -2.11. The second-order valence-corrected chi connectivity index (χ2v) is 5.79. The largest absolute Gasteiger partial charge is 0.325 e. The molecule has 1 saturated carbocycles. The Morgan fingerprint density at radius 1 is 1.33 bits per heavy atom. The number of hydrogen-bond donors (Lipinski definition) is 1. The standard InChI is InChI=1S/C15H21NOS/c1-18-14-9-5-4-8-13(14)16-15(17)11-10-12-6-2-3-7-12/h4-5,8-9,12H,2-3,6-7,10-11H2,1H3,(H,16,17). The van der Waals surface area contributed by atoms with Gasteiger partial charge in [0.05, 0.1) is 5.69 Å². The number of hydrogen-bond acceptors (Lipinski definition) is 2. The van der Waals surface area contributed by atoms with Crippen LogP contribution in [-0.4, -0.2) is 12.2 Å². The van der Waals surface area contributed by atoms with E-state index in [1.165, 1.54) is 25.7 Å². The van der Waals surface area contributed by atoms with Crippen LogP contribution in [0.1, 0.15) is 38.5 Å². The van der Waals surface area contributed by atoms with Gasteiger partial charge in [-0.3, -0.25) is 4.79 Å². The van der Waals surface area contributed by atoms with E-state index in [9.17, 15) is 4.79 Å². The normalized spacial score (nSPS) is 15.8. The van der Waals surface area contributed by atoms with Crippen molar-refractivity contribution in [3.05, 3.63) is 24.3 Å².